The van der Waals surface area contributed by atoms with Gasteiger partial charge in [-0.1, -0.05) is 32.9 Å². The van der Waals surface area contributed by atoms with Crippen molar-refractivity contribution in [3.8, 4) is 0 Å². The molecule has 2 unspecified atom stereocenters. The lowest BCUT2D eigenvalue weighted by molar-refractivity contribution is 0.170. The Morgan fingerprint density at radius 2 is 2.00 bits per heavy atom. The Morgan fingerprint density at radius 1 is 1.29 bits per heavy atom. The number of benzene rings is 1. The van der Waals surface area contributed by atoms with Crippen LogP contribution in [-0.2, 0) is 10.0 Å². The predicted molar refractivity (Wildman–Crippen MR) is 83.9 cm³/mol. The maximum Gasteiger partial charge on any atom is 0.263 e. The monoisotopic (exact) mass is 306 g/mol. The van der Waals surface area contributed by atoms with E-state index < -0.39 is 10.0 Å². The summed E-state index contributed by atoms with van der Waals surface area (Å²) >= 11 is 0. The third kappa shape index (κ3) is 2.71. The van der Waals surface area contributed by atoms with Crippen LogP contribution in [0.3, 0.4) is 0 Å². The smallest absolute Gasteiger partial charge is 0.263 e. The van der Waals surface area contributed by atoms with Crippen LogP contribution < -0.4 is 4.72 Å². The molecule has 0 aromatic heterocycles. The van der Waals surface area contributed by atoms with Gasteiger partial charge in [0, 0.05) is 5.56 Å². The Bertz CT molecular complexity index is 692. The molecule has 1 fully saturated rings. The average Bonchev–Trinajstić information content (AvgIpc) is 2.65. The molecule has 0 bridgehead atoms. The summed E-state index contributed by atoms with van der Waals surface area (Å²) in [6, 6.07) is 7.25. The van der Waals surface area contributed by atoms with Crippen LogP contribution in [0.5, 0.6) is 0 Å². The number of rotatable bonds is 1. The van der Waals surface area contributed by atoms with Crippen molar-refractivity contribution in [3.63, 3.8) is 0 Å². The van der Waals surface area contributed by atoms with Crippen LogP contribution in [0.1, 0.15) is 45.6 Å². The second kappa shape index (κ2) is 4.83. The molecule has 0 spiro atoms. The third-order valence-electron chi connectivity index (χ3n) is 4.61. The van der Waals surface area contributed by atoms with Crippen LogP contribution in [0.2, 0.25) is 0 Å². The third-order valence-corrected chi connectivity index (χ3v) is 6.00. The molecule has 1 aliphatic heterocycles. The van der Waals surface area contributed by atoms with E-state index in [0.717, 1.165) is 19.3 Å². The van der Waals surface area contributed by atoms with Crippen molar-refractivity contribution >= 4 is 15.9 Å². The minimum atomic E-state index is -3.43. The summed E-state index contributed by atoms with van der Waals surface area (Å²) in [5.41, 5.74) is 1.07. The molecule has 1 saturated carbocycles. The molecule has 0 saturated heterocycles. The first kappa shape index (κ1) is 14.6. The van der Waals surface area contributed by atoms with Crippen molar-refractivity contribution in [2.24, 2.45) is 16.3 Å². The van der Waals surface area contributed by atoms with Crippen LogP contribution >= 0.6 is 0 Å². The summed E-state index contributed by atoms with van der Waals surface area (Å²) in [6.45, 7) is 6.80. The standard InChI is InChI=1S/C16H22N2O2S/c1-11-10-16(2,3)9-8-13(11)17-15-12-6-4-5-7-14(12)21(19,20)18-15/h4-7,11,13H,8-10H2,1-3H3,(H,17,18). The largest absolute Gasteiger partial charge is 0.264 e. The van der Waals surface area contributed by atoms with E-state index in [-0.39, 0.29) is 6.04 Å². The number of hydrogen-bond acceptors (Lipinski definition) is 3. The van der Waals surface area contributed by atoms with Crippen molar-refractivity contribution in [2.45, 2.75) is 51.0 Å². The van der Waals surface area contributed by atoms with Crippen molar-refractivity contribution in [2.75, 3.05) is 0 Å². The van der Waals surface area contributed by atoms with Crippen LogP contribution in [0.15, 0.2) is 34.2 Å². The normalized spacial score (nSPS) is 31.7. The first-order valence-electron chi connectivity index (χ1n) is 7.49. The highest BCUT2D eigenvalue weighted by Gasteiger charge is 2.35. The summed E-state index contributed by atoms with van der Waals surface area (Å²) in [5.74, 6) is 0.987. The Balaban J connectivity index is 1.92. The van der Waals surface area contributed by atoms with E-state index >= 15 is 0 Å². The second-order valence-corrected chi connectivity index (χ2v) is 8.68. The van der Waals surface area contributed by atoms with Gasteiger partial charge in [0.2, 0.25) is 0 Å². The highest BCUT2D eigenvalue weighted by atomic mass is 32.2. The fraction of sp³-hybridized carbons (Fsp3) is 0.562. The number of fused-ring (bicyclic) bond motifs is 1. The van der Waals surface area contributed by atoms with Gasteiger partial charge in [-0.15, -0.1) is 0 Å². The highest BCUT2D eigenvalue weighted by molar-refractivity contribution is 7.90. The number of aliphatic imine (C=N–C) groups is 1. The van der Waals surface area contributed by atoms with Gasteiger partial charge in [-0.3, -0.25) is 9.71 Å². The number of amidine groups is 1. The number of nitrogens with zero attached hydrogens (tertiary/aromatic N) is 1. The Hall–Kier alpha value is -1.36. The Labute approximate surface area is 126 Å². The molecule has 1 aliphatic carbocycles. The molecule has 4 nitrogen and oxygen atoms in total. The maximum atomic E-state index is 12.1. The van der Waals surface area contributed by atoms with Gasteiger partial charge in [-0.05, 0) is 42.7 Å². The number of hydrogen-bond donors (Lipinski definition) is 1. The molecule has 3 rings (SSSR count). The topological polar surface area (TPSA) is 58.5 Å². The van der Waals surface area contributed by atoms with Crippen LogP contribution in [0.4, 0.5) is 0 Å². The first-order valence-corrected chi connectivity index (χ1v) is 8.97. The molecule has 1 aromatic carbocycles. The van der Waals surface area contributed by atoms with Crippen molar-refractivity contribution in [1.29, 1.82) is 0 Å². The minimum absolute atomic E-state index is 0.196. The van der Waals surface area contributed by atoms with E-state index in [1.54, 1.807) is 12.1 Å². The molecule has 0 radical (unpaired) electrons. The zero-order valence-electron chi connectivity index (χ0n) is 12.8. The lowest BCUT2D eigenvalue weighted by atomic mass is 9.71. The number of sulfonamides is 1. The molecule has 5 heteroatoms. The van der Waals surface area contributed by atoms with Gasteiger partial charge in [0.25, 0.3) is 10.0 Å². The van der Waals surface area contributed by atoms with E-state index in [9.17, 15) is 8.42 Å². The zero-order chi connectivity index (χ0) is 15.3. The van der Waals surface area contributed by atoms with Crippen LogP contribution in [0, 0.1) is 11.3 Å². The summed E-state index contributed by atoms with van der Waals surface area (Å²) in [6.07, 6.45) is 3.28. The first-order chi connectivity index (χ1) is 9.78. The fourth-order valence-electron chi connectivity index (χ4n) is 3.52. The molecule has 1 heterocycles. The van der Waals surface area contributed by atoms with Gasteiger partial charge >= 0.3 is 0 Å². The Morgan fingerprint density at radius 3 is 2.71 bits per heavy atom. The Kier molecular flexibility index (Phi) is 3.35. The van der Waals surface area contributed by atoms with Crippen LogP contribution in [0.25, 0.3) is 0 Å². The minimum Gasteiger partial charge on any atom is -0.264 e. The van der Waals surface area contributed by atoms with Gasteiger partial charge < -0.3 is 0 Å². The van der Waals surface area contributed by atoms with Crippen molar-refractivity contribution in [1.82, 2.24) is 4.72 Å². The average molecular weight is 306 g/mol. The molecule has 2 atom stereocenters. The van der Waals surface area contributed by atoms with Gasteiger partial charge in [0.15, 0.2) is 0 Å². The van der Waals surface area contributed by atoms with E-state index in [2.05, 4.69) is 25.5 Å². The second-order valence-electron chi connectivity index (χ2n) is 7.03. The predicted octanol–water partition coefficient (Wildman–Crippen LogP) is 2.94. The van der Waals surface area contributed by atoms with Gasteiger partial charge in [0.1, 0.15) is 5.84 Å². The molecular formula is C16H22N2O2S. The van der Waals surface area contributed by atoms with E-state index in [1.807, 2.05) is 12.1 Å². The molecule has 1 aromatic rings. The summed E-state index contributed by atoms with van der Waals surface area (Å²) < 4.78 is 26.8. The maximum absolute atomic E-state index is 12.1. The summed E-state index contributed by atoms with van der Waals surface area (Å²) in [7, 11) is -3.43. The van der Waals surface area contributed by atoms with E-state index in [0.29, 0.717) is 27.6 Å². The van der Waals surface area contributed by atoms with E-state index in [1.165, 1.54) is 0 Å². The van der Waals surface area contributed by atoms with Gasteiger partial charge in [-0.2, -0.15) is 0 Å². The summed E-state index contributed by atoms with van der Waals surface area (Å²) in [5, 5.41) is 0. The molecule has 0 amide bonds. The van der Waals surface area contributed by atoms with Crippen molar-refractivity contribution < 1.29 is 8.42 Å². The zero-order valence-corrected chi connectivity index (χ0v) is 13.6. The quantitative estimate of drug-likeness (QED) is 0.867. The molecule has 2 aliphatic rings. The van der Waals surface area contributed by atoms with E-state index in [4.69, 9.17) is 4.99 Å². The number of nitrogens with one attached hydrogen (secondary N) is 1. The lowest BCUT2D eigenvalue weighted by Crippen LogP contribution is -2.33. The highest BCUT2D eigenvalue weighted by Crippen LogP contribution is 2.40. The molecule has 1 N–H and O–H groups in total. The summed E-state index contributed by atoms with van der Waals surface area (Å²) in [4.78, 5) is 5.09. The van der Waals surface area contributed by atoms with Crippen LogP contribution in [-0.4, -0.2) is 20.3 Å². The molecule has 21 heavy (non-hydrogen) atoms. The SMILES string of the molecule is CC1CC(C)(C)CCC1N=C1NS(=O)(=O)c2ccccc21. The fourth-order valence-corrected chi connectivity index (χ4v) is 4.76. The van der Waals surface area contributed by atoms with Gasteiger partial charge in [-0.25, -0.2) is 8.42 Å². The molecular weight excluding hydrogens is 284 g/mol. The van der Waals surface area contributed by atoms with Gasteiger partial charge in [0.05, 0.1) is 10.9 Å². The lowest BCUT2D eigenvalue weighted by Gasteiger charge is -2.37. The van der Waals surface area contributed by atoms with Crippen molar-refractivity contribution in [3.05, 3.63) is 29.8 Å². The molecule has 114 valence electrons.